The maximum absolute atomic E-state index is 12.6. The van der Waals surface area contributed by atoms with Crippen molar-refractivity contribution in [2.75, 3.05) is 38.1 Å². The van der Waals surface area contributed by atoms with Crippen molar-refractivity contribution in [3.05, 3.63) is 73.9 Å². The Kier molecular flexibility index (Phi) is 6.73. The topological polar surface area (TPSA) is 113 Å². The number of benzene rings is 2. The van der Waals surface area contributed by atoms with Crippen LogP contribution >= 0.6 is 0 Å². The van der Waals surface area contributed by atoms with Gasteiger partial charge in [-0.25, -0.2) is 9.59 Å². The van der Waals surface area contributed by atoms with Crippen molar-refractivity contribution in [3.63, 3.8) is 0 Å². The summed E-state index contributed by atoms with van der Waals surface area (Å²) in [6.45, 7) is 3.01. The minimum Gasteiger partial charge on any atom is -0.414 e. The molecular weight excluding hydrogens is 462 g/mol. The van der Waals surface area contributed by atoms with Gasteiger partial charge in [0.1, 0.15) is 0 Å². The molecule has 0 aliphatic carbocycles. The molecule has 9 heteroatoms. The lowest BCUT2D eigenvalue weighted by Gasteiger charge is -2.29. The predicted molar refractivity (Wildman–Crippen MR) is 135 cm³/mol. The first-order chi connectivity index (χ1) is 17.5. The maximum Gasteiger partial charge on any atom is 0.423 e. The second-order valence-electron chi connectivity index (χ2n) is 9.38. The zero-order valence-electron chi connectivity index (χ0n) is 20.2. The van der Waals surface area contributed by atoms with Gasteiger partial charge in [0, 0.05) is 55.8 Å². The van der Waals surface area contributed by atoms with Crippen LogP contribution in [0.4, 0.5) is 5.69 Å². The largest absolute Gasteiger partial charge is 0.423 e. The molecule has 2 fully saturated rings. The molecule has 0 radical (unpaired) electrons. The quantitative estimate of drug-likeness (QED) is 0.528. The molecule has 0 spiro atoms. The van der Waals surface area contributed by atoms with E-state index in [-0.39, 0.29) is 28.9 Å². The molecule has 2 aromatic carbocycles. The number of fused-ring (bicyclic) bond motifs is 1. The lowest BCUT2D eigenvalue weighted by Crippen LogP contribution is -2.36. The Hall–Kier alpha value is -3.72. The van der Waals surface area contributed by atoms with E-state index in [9.17, 15) is 19.2 Å². The molecule has 2 aliphatic rings. The Labute approximate surface area is 207 Å². The SMILES string of the molecule is CNC(=O)c1ccc2oc(=O)c(=O)oc2c1C1CCN(CCc2ccccc2N2CCCCC2=O)C1. The average molecular weight is 492 g/mol. The zero-order chi connectivity index (χ0) is 25.2. The molecule has 1 aromatic heterocycles. The molecule has 2 aliphatic heterocycles. The third-order valence-corrected chi connectivity index (χ3v) is 7.18. The van der Waals surface area contributed by atoms with Crippen LogP contribution in [0.5, 0.6) is 0 Å². The van der Waals surface area contributed by atoms with Crippen LogP contribution in [0, 0.1) is 0 Å². The first-order valence-corrected chi connectivity index (χ1v) is 12.4. The summed E-state index contributed by atoms with van der Waals surface area (Å²) in [4.78, 5) is 53.0. The molecule has 3 heterocycles. The van der Waals surface area contributed by atoms with Gasteiger partial charge < -0.3 is 24.0 Å². The van der Waals surface area contributed by atoms with Crippen LogP contribution in [0.2, 0.25) is 0 Å². The number of piperidine rings is 1. The molecule has 0 bridgehead atoms. The van der Waals surface area contributed by atoms with Gasteiger partial charge >= 0.3 is 11.3 Å². The van der Waals surface area contributed by atoms with Gasteiger partial charge in [-0.2, -0.15) is 0 Å². The van der Waals surface area contributed by atoms with Gasteiger partial charge in [-0.3, -0.25) is 9.59 Å². The fourth-order valence-corrected chi connectivity index (χ4v) is 5.38. The smallest absolute Gasteiger partial charge is 0.414 e. The minimum absolute atomic E-state index is 0.0734. The fraction of sp³-hybridized carbons (Fsp3) is 0.407. The summed E-state index contributed by atoms with van der Waals surface area (Å²) < 4.78 is 10.5. The van der Waals surface area contributed by atoms with Crippen LogP contribution in [0.3, 0.4) is 0 Å². The third kappa shape index (κ3) is 4.58. The van der Waals surface area contributed by atoms with Crippen LogP contribution in [-0.4, -0.2) is 49.9 Å². The predicted octanol–water partition coefficient (Wildman–Crippen LogP) is 2.65. The van der Waals surface area contributed by atoms with Crippen LogP contribution in [-0.2, 0) is 11.2 Å². The molecule has 1 atom stereocenters. The number of hydrogen-bond acceptors (Lipinski definition) is 7. The molecule has 1 N–H and O–H groups in total. The highest BCUT2D eigenvalue weighted by atomic mass is 16.5. The number of amides is 2. The molecule has 3 aromatic rings. The summed E-state index contributed by atoms with van der Waals surface area (Å²) in [5, 5.41) is 2.64. The second-order valence-corrected chi connectivity index (χ2v) is 9.38. The number of nitrogens with zero attached hydrogens (tertiary/aromatic N) is 2. The number of likely N-dealkylation sites (tertiary alicyclic amines) is 1. The number of carbonyl (C=O) groups excluding carboxylic acids is 2. The summed E-state index contributed by atoms with van der Waals surface area (Å²) in [6.07, 6.45) is 4.11. The monoisotopic (exact) mass is 491 g/mol. The Balaban J connectivity index is 1.38. The second kappa shape index (κ2) is 10.1. The number of carbonyl (C=O) groups is 2. The van der Waals surface area contributed by atoms with E-state index in [4.69, 9.17) is 8.83 Å². The highest BCUT2D eigenvalue weighted by Crippen LogP contribution is 2.35. The van der Waals surface area contributed by atoms with Crippen molar-refractivity contribution < 1.29 is 18.4 Å². The van der Waals surface area contributed by atoms with E-state index in [1.807, 2.05) is 23.1 Å². The molecule has 2 amide bonds. The molecule has 36 heavy (non-hydrogen) atoms. The van der Waals surface area contributed by atoms with Crippen molar-refractivity contribution in [2.24, 2.45) is 0 Å². The number of anilines is 1. The number of para-hydroxylation sites is 1. The standard InChI is InChI=1S/C27H29N3O6/c1-28-25(32)19-9-10-21-24(36-27(34)26(33)35-21)23(19)18-12-15-29(16-18)14-11-17-6-2-3-7-20(17)30-13-5-4-8-22(30)31/h2-3,6-7,9-10,18H,4-5,8,11-16H2,1H3,(H,28,32). The van der Waals surface area contributed by atoms with Gasteiger partial charge in [-0.15, -0.1) is 0 Å². The van der Waals surface area contributed by atoms with Crippen molar-refractivity contribution in [3.8, 4) is 0 Å². The van der Waals surface area contributed by atoms with E-state index in [0.717, 1.165) is 56.6 Å². The molecule has 0 saturated carbocycles. The minimum atomic E-state index is -1.09. The molecule has 5 rings (SSSR count). The first kappa shape index (κ1) is 24.0. The first-order valence-electron chi connectivity index (χ1n) is 12.4. The van der Waals surface area contributed by atoms with Gasteiger partial charge in [-0.05, 0) is 56.0 Å². The highest BCUT2D eigenvalue weighted by Gasteiger charge is 2.31. The van der Waals surface area contributed by atoms with Crippen LogP contribution in [0.25, 0.3) is 11.2 Å². The molecular formula is C27H29N3O6. The summed E-state index contributed by atoms with van der Waals surface area (Å²) in [5.74, 6) is -0.184. The van der Waals surface area contributed by atoms with Crippen molar-refractivity contribution >= 4 is 28.7 Å². The summed E-state index contributed by atoms with van der Waals surface area (Å²) in [7, 11) is 1.54. The highest BCUT2D eigenvalue weighted by molar-refractivity contribution is 5.99. The van der Waals surface area contributed by atoms with Gasteiger partial charge in [0.25, 0.3) is 5.91 Å². The van der Waals surface area contributed by atoms with E-state index in [0.29, 0.717) is 24.1 Å². The Morgan fingerprint density at radius 2 is 1.83 bits per heavy atom. The van der Waals surface area contributed by atoms with Gasteiger partial charge in [-0.1, -0.05) is 18.2 Å². The van der Waals surface area contributed by atoms with Gasteiger partial charge in [0.15, 0.2) is 11.2 Å². The normalized spacial score (nSPS) is 18.6. The molecule has 2 saturated heterocycles. The van der Waals surface area contributed by atoms with E-state index in [1.165, 1.54) is 6.07 Å². The number of hydrogen-bond donors (Lipinski definition) is 1. The van der Waals surface area contributed by atoms with Crippen molar-refractivity contribution in [1.29, 1.82) is 0 Å². The van der Waals surface area contributed by atoms with Crippen LogP contribution in [0.15, 0.2) is 54.8 Å². The third-order valence-electron chi connectivity index (χ3n) is 7.18. The summed E-state index contributed by atoms with van der Waals surface area (Å²) in [5.41, 5.74) is 1.28. The molecule has 1 unspecified atom stereocenters. The Bertz CT molecular complexity index is 1430. The van der Waals surface area contributed by atoms with E-state index in [1.54, 1.807) is 13.1 Å². The zero-order valence-corrected chi connectivity index (χ0v) is 20.2. The van der Waals surface area contributed by atoms with Crippen molar-refractivity contribution in [2.45, 2.75) is 38.0 Å². The summed E-state index contributed by atoms with van der Waals surface area (Å²) >= 11 is 0. The number of nitrogens with one attached hydrogen (secondary N) is 1. The van der Waals surface area contributed by atoms with E-state index in [2.05, 4.69) is 16.3 Å². The maximum atomic E-state index is 12.6. The van der Waals surface area contributed by atoms with Crippen LogP contribution < -0.4 is 21.5 Å². The fourth-order valence-electron chi connectivity index (χ4n) is 5.38. The average Bonchev–Trinajstić information content (AvgIpc) is 3.36. The van der Waals surface area contributed by atoms with Gasteiger partial charge in [0.2, 0.25) is 5.91 Å². The van der Waals surface area contributed by atoms with E-state index < -0.39 is 11.3 Å². The molecule has 9 nitrogen and oxygen atoms in total. The van der Waals surface area contributed by atoms with Crippen LogP contribution in [0.1, 0.15) is 53.1 Å². The Morgan fingerprint density at radius 3 is 2.64 bits per heavy atom. The number of rotatable bonds is 6. The lowest BCUT2D eigenvalue weighted by molar-refractivity contribution is -0.119. The van der Waals surface area contributed by atoms with Gasteiger partial charge in [0.05, 0.1) is 0 Å². The molecule has 188 valence electrons. The lowest BCUT2D eigenvalue weighted by atomic mass is 9.92. The van der Waals surface area contributed by atoms with E-state index >= 15 is 0 Å². The Morgan fingerprint density at radius 1 is 1.03 bits per heavy atom. The summed E-state index contributed by atoms with van der Waals surface area (Å²) in [6, 6.07) is 11.2. The van der Waals surface area contributed by atoms with Crippen molar-refractivity contribution in [1.82, 2.24) is 10.2 Å².